The summed E-state index contributed by atoms with van der Waals surface area (Å²) < 4.78 is 27.8. The summed E-state index contributed by atoms with van der Waals surface area (Å²) in [6.07, 6.45) is 7.38. The number of nitrogens with zero attached hydrogens (tertiary/aromatic N) is 2. The zero-order valence-corrected chi connectivity index (χ0v) is 21.1. The molecule has 1 saturated heterocycles. The molecule has 1 aromatic rings. The Hall–Kier alpha value is -1.44. The number of rotatable bonds is 8. The zero-order valence-electron chi connectivity index (χ0n) is 20.3. The Morgan fingerprint density at radius 2 is 1.62 bits per heavy atom. The second kappa shape index (κ2) is 10.7. The van der Waals surface area contributed by atoms with Gasteiger partial charge in [-0.1, -0.05) is 45.2 Å². The third-order valence-corrected chi connectivity index (χ3v) is 8.82. The lowest BCUT2D eigenvalue weighted by atomic mass is 9.84. The van der Waals surface area contributed by atoms with Crippen LogP contribution in [0.1, 0.15) is 70.3 Å². The summed E-state index contributed by atoms with van der Waals surface area (Å²) in [5, 5.41) is 3.09. The van der Waals surface area contributed by atoms with Crippen LogP contribution in [0, 0.1) is 11.3 Å². The van der Waals surface area contributed by atoms with Crippen molar-refractivity contribution in [2.24, 2.45) is 11.3 Å². The van der Waals surface area contributed by atoms with E-state index in [9.17, 15) is 13.2 Å². The summed E-state index contributed by atoms with van der Waals surface area (Å²) >= 11 is 0. The SMILES string of the molecule is CN(C)CC(C)(C)CNC(=O)C1CCN(S(=O)(=O)c2ccc(C3CCCCC3)cc2)CC1. The van der Waals surface area contributed by atoms with Gasteiger partial charge in [0.25, 0.3) is 0 Å². The van der Waals surface area contributed by atoms with Crippen molar-refractivity contribution in [2.75, 3.05) is 40.3 Å². The highest BCUT2D eigenvalue weighted by Gasteiger charge is 2.33. The molecule has 0 bridgehead atoms. The maximum Gasteiger partial charge on any atom is 0.243 e. The fourth-order valence-electron chi connectivity index (χ4n) is 5.24. The van der Waals surface area contributed by atoms with E-state index in [2.05, 4.69) is 24.1 Å². The Kier molecular flexibility index (Phi) is 8.39. The molecule has 1 aliphatic carbocycles. The lowest BCUT2D eigenvalue weighted by Crippen LogP contribution is -2.45. The monoisotopic (exact) mass is 463 g/mol. The smallest absolute Gasteiger partial charge is 0.243 e. The van der Waals surface area contributed by atoms with Gasteiger partial charge in [0.1, 0.15) is 0 Å². The van der Waals surface area contributed by atoms with Gasteiger partial charge in [0.05, 0.1) is 4.90 Å². The molecule has 0 unspecified atom stereocenters. The number of carbonyl (C=O) groups excluding carboxylic acids is 1. The average Bonchev–Trinajstić information content (AvgIpc) is 2.77. The average molecular weight is 464 g/mol. The van der Waals surface area contributed by atoms with E-state index in [1.807, 2.05) is 26.2 Å². The molecule has 3 rings (SSSR count). The van der Waals surface area contributed by atoms with Crippen molar-refractivity contribution in [3.8, 4) is 0 Å². The first-order chi connectivity index (χ1) is 15.1. The topological polar surface area (TPSA) is 69.7 Å². The number of carbonyl (C=O) groups is 1. The van der Waals surface area contributed by atoms with Crippen LogP contribution in [0.3, 0.4) is 0 Å². The van der Waals surface area contributed by atoms with Crippen molar-refractivity contribution in [1.82, 2.24) is 14.5 Å². The van der Waals surface area contributed by atoms with Crippen molar-refractivity contribution in [3.05, 3.63) is 29.8 Å². The Morgan fingerprint density at radius 3 is 2.19 bits per heavy atom. The third-order valence-electron chi connectivity index (χ3n) is 6.90. The Bertz CT molecular complexity index is 851. The van der Waals surface area contributed by atoms with Crippen LogP contribution in [-0.4, -0.2) is 63.8 Å². The van der Waals surface area contributed by atoms with Gasteiger partial charge in [0.15, 0.2) is 0 Å². The molecule has 1 heterocycles. The Labute approximate surface area is 194 Å². The molecule has 0 radical (unpaired) electrons. The fraction of sp³-hybridized carbons (Fsp3) is 0.720. The van der Waals surface area contributed by atoms with Crippen LogP contribution in [0.4, 0.5) is 0 Å². The van der Waals surface area contributed by atoms with Crippen LogP contribution in [0.25, 0.3) is 0 Å². The molecular formula is C25H41N3O3S. The molecule has 1 saturated carbocycles. The number of sulfonamides is 1. The number of amides is 1. The van der Waals surface area contributed by atoms with Gasteiger partial charge in [0, 0.05) is 32.1 Å². The van der Waals surface area contributed by atoms with Crippen molar-refractivity contribution in [2.45, 2.75) is 69.6 Å². The molecule has 2 aliphatic rings. The zero-order chi connectivity index (χ0) is 23.4. The molecule has 7 heteroatoms. The lowest BCUT2D eigenvalue weighted by molar-refractivity contribution is -0.126. The van der Waals surface area contributed by atoms with E-state index in [-0.39, 0.29) is 17.2 Å². The van der Waals surface area contributed by atoms with Crippen LogP contribution >= 0.6 is 0 Å². The van der Waals surface area contributed by atoms with Gasteiger partial charge in [-0.25, -0.2) is 8.42 Å². The van der Waals surface area contributed by atoms with Crippen LogP contribution in [0.2, 0.25) is 0 Å². The van der Waals surface area contributed by atoms with Crippen LogP contribution < -0.4 is 5.32 Å². The molecule has 1 amide bonds. The molecule has 2 fully saturated rings. The van der Waals surface area contributed by atoms with Crippen molar-refractivity contribution >= 4 is 15.9 Å². The third kappa shape index (κ3) is 6.55. The summed E-state index contributed by atoms with van der Waals surface area (Å²) in [5.41, 5.74) is 1.25. The summed E-state index contributed by atoms with van der Waals surface area (Å²) in [6.45, 7) is 6.58. The number of hydrogen-bond acceptors (Lipinski definition) is 4. The van der Waals surface area contributed by atoms with Gasteiger partial charge in [-0.05, 0) is 68.8 Å². The largest absolute Gasteiger partial charge is 0.355 e. The minimum Gasteiger partial charge on any atom is -0.355 e. The van der Waals surface area contributed by atoms with Crippen LogP contribution in [0.5, 0.6) is 0 Å². The highest BCUT2D eigenvalue weighted by Crippen LogP contribution is 2.33. The van der Waals surface area contributed by atoms with Gasteiger partial charge in [-0.15, -0.1) is 0 Å². The minimum absolute atomic E-state index is 0.00695. The molecule has 1 N–H and O–H groups in total. The molecular weight excluding hydrogens is 422 g/mol. The number of hydrogen-bond donors (Lipinski definition) is 1. The van der Waals surface area contributed by atoms with Crippen LogP contribution in [-0.2, 0) is 14.8 Å². The van der Waals surface area contributed by atoms with E-state index in [0.717, 1.165) is 6.54 Å². The molecule has 32 heavy (non-hydrogen) atoms. The van der Waals surface area contributed by atoms with E-state index in [0.29, 0.717) is 43.3 Å². The predicted octanol–water partition coefficient (Wildman–Crippen LogP) is 3.84. The van der Waals surface area contributed by atoms with Crippen molar-refractivity contribution in [3.63, 3.8) is 0 Å². The lowest BCUT2D eigenvalue weighted by Gasteiger charge is -2.32. The van der Waals surface area contributed by atoms with E-state index >= 15 is 0 Å². The van der Waals surface area contributed by atoms with Gasteiger partial charge in [-0.2, -0.15) is 4.31 Å². The highest BCUT2D eigenvalue weighted by atomic mass is 32.2. The summed E-state index contributed by atoms with van der Waals surface area (Å²) in [7, 11) is 0.550. The first kappa shape index (κ1) is 25.2. The van der Waals surface area contributed by atoms with Gasteiger partial charge in [-0.3, -0.25) is 4.79 Å². The second-order valence-corrected chi connectivity index (χ2v) is 12.6. The first-order valence-corrected chi connectivity index (χ1v) is 13.5. The molecule has 0 atom stereocenters. The molecule has 1 aliphatic heterocycles. The van der Waals surface area contributed by atoms with Gasteiger partial charge in [0.2, 0.25) is 15.9 Å². The molecule has 180 valence electrons. The molecule has 6 nitrogen and oxygen atoms in total. The van der Waals surface area contributed by atoms with E-state index in [4.69, 9.17) is 0 Å². The molecule has 0 spiro atoms. The van der Waals surface area contributed by atoms with Gasteiger partial charge < -0.3 is 10.2 Å². The maximum absolute atomic E-state index is 13.1. The van der Waals surface area contributed by atoms with E-state index < -0.39 is 10.0 Å². The summed E-state index contributed by atoms with van der Waals surface area (Å²) in [6, 6.07) is 7.53. The maximum atomic E-state index is 13.1. The molecule has 1 aromatic carbocycles. The fourth-order valence-corrected chi connectivity index (χ4v) is 6.71. The minimum atomic E-state index is -3.51. The number of nitrogens with one attached hydrogen (secondary N) is 1. The summed E-state index contributed by atoms with van der Waals surface area (Å²) in [5.74, 6) is 0.494. The highest BCUT2D eigenvalue weighted by molar-refractivity contribution is 7.89. The number of piperidine rings is 1. The van der Waals surface area contributed by atoms with Crippen molar-refractivity contribution in [1.29, 1.82) is 0 Å². The quantitative estimate of drug-likeness (QED) is 0.636. The standard InChI is InChI=1S/C25H41N3O3S/c1-25(2,19-27(3)4)18-26-24(29)22-14-16-28(17-15-22)32(30,31)23-12-10-21(11-13-23)20-8-6-5-7-9-20/h10-13,20,22H,5-9,14-19H2,1-4H3,(H,26,29). The first-order valence-electron chi connectivity index (χ1n) is 12.1. The van der Waals surface area contributed by atoms with Crippen LogP contribution in [0.15, 0.2) is 29.2 Å². The Balaban J connectivity index is 1.53. The second-order valence-electron chi connectivity index (χ2n) is 10.7. The van der Waals surface area contributed by atoms with Gasteiger partial charge >= 0.3 is 0 Å². The Morgan fingerprint density at radius 1 is 1.03 bits per heavy atom. The summed E-state index contributed by atoms with van der Waals surface area (Å²) in [4.78, 5) is 15.1. The van der Waals surface area contributed by atoms with E-state index in [1.165, 1.54) is 37.7 Å². The normalized spacial score (nSPS) is 19.9. The van der Waals surface area contributed by atoms with E-state index in [1.54, 1.807) is 16.4 Å². The van der Waals surface area contributed by atoms with Crippen molar-refractivity contribution < 1.29 is 13.2 Å². The molecule has 0 aromatic heterocycles. The number of benzene rings is 1. The predicted molar refractivity (Wildman–Crippen MR) is 129 cm³/mol.